The second kappa shape index (κ2) is 6.78. The highest BCUT2D eigenvalue weighted by Crippen LogP contribution is 2.23. The summed E-state index contributed by atoms with van der Waals surface area (Å²) in [5, 5.41) is 18.6. The molecule has 1 aromatic rings. The second-order valence-corrected chi connectivity index (χ2v) is 5.77. The standard InChI is InChI=1S/C12H18N4O3S/c1-7(17)15-12-16-10(11(18)19)9(20-12)6-14-8-2-4-13-5-3-8/h8,13-14H,2-6H2,1H3,(H,18,19)(H,15,16,17). The molecule has 0 atom stereocenters. The minimum atomic E-state index is -1.07. The van der Waals surface area contributed by atoms with Gasteiger partial charge in [0.25, 0.3) is 0 Å². The van der Waals surface area contributed by atoms with E-state index in [1.807, 2.05) is 0 Å². The smallest absolute Gasteiger partial charge is 0.355 e. The van der Waals surface area contributed by atoms with E-state index in [1.54, 1.807) is 0 Å². The van der Waals surface area contributed by atoms with E-state index in [2.05, 4.69) is 20.9 Å². The van der Waals surface area contributed by atoms with Gasteiger partial charge in [-0.15, -0.1) is 0 Å². The molecule has 110 valence electrons. The Balaban J connectivity index is 2.02. The topological polar surface area (TPSA) is 103 Å². The van der Waals surface area contributed by atoms with E-state index in [-0.39, 0.29) is 11.6 Å². The number of amides is 1. The van der Waals surface area contributed by atoms with Crippen molar-refractivity contribution in [2.45, 2.75) is 32.4 Å². The molecule has 0 aliphatic carbocycles. The maximum atomic E-state index is 11.2. The van der Waals surface area contributed by atoms with E-state index in [4.69, 9.17) is 5.11 Å². The van der Waals surface area contributed by atoms with Gasteiger partial charge in [0.2, 0.25) is 5.91 Å². The molecule has 0 bridgehead atoms. The van der Waals surface area contributed by atoms with E-state index in [9.17, 15) is 9.59 Å². The van der Waals surface area contributed by atoms with Crippen LogP contribution in [0.2, 0.25) is 0 Å². The lowest BCUT2D eigenvalue weighted by molar-refractivity contribution is -0.114. The molecule has 0 spiro atoms. The molecule has 20 heavy (non-hydrogen) atoms. The summed E-state index contributed by atoms with van der Waals surface area (Å²) < 4.78 is 0. The number of hydrogen-bond acceptors (Lipinski definition) is 6. The number of rotatable bonds is 5. The first kappa shape index (κ1) is 14.9. The summed E-state index contributed by atoms with van der Waals surface area (Å²) in [4.78, 5) is 26.7. The number of nitrogens with one attached hydrogen (secondary N) is 3. The summed E-state index contributed by atoms with van der Waals surface area (Å²) in [5.74, 6) is -1.33. The Labute approximate surface area is 120 Å². The maximum absolute atomic E-state index is 11.2. The highest BCUT2D eigenvalue weighted by atomic mass is 32.1. The third kappa shape index (κ3) is 3.99. The number of aromatic carboxylic acids is 1. The number of thiazole rings is 1. The van der Waals surface area contributed by atoms with Crippen molar-refractivity contribution in [2.24, 2.45) is 0 Å². The van der Waals surface area contributed by atoms with Crippen molar-refractivity contribution < 1.29 is 14.7 Å². The van der Waals surface area contributed by atoms with Gasteiger partial charge in [0.05, 0.1) is 4.88 Å². The highest BCUT2D eigenvalue weighted by Gasteiger charge is 2.19. The molecule has 0 saturated carbocycles. The van der Waals surface area contributed by atoms with Crippen molar-refractivity contribution in [2.75, 3.05) is 18.4 Å². The van der Waals surface area contributed by atoms with E-state index >= 15 is 0 Å². The molecule has 0 aromatic carbocycles. The van der Waals surface area contributed by atoms with E-state index in [0.717, 1.165) is 25.9 Å². The van der Waals surface area contributed by atoms with Crippen LogP contribution in [-0.2, 0) is 11.3 Å². The Morgan fingerprint density at radius 3 is 2.75 bits per heavy atom. The van der Waals surface area contributed by atoms with Crippen LogP contribution in [0.3, 0.4) is 0 Å². The first-order valence-electron chi connectivity index (χ1n) is 6.51. The summed E-state index contributed by atoms with van der Waals surface area (Å²) in [6.07, 6.45) is 2.06. The van der Waals surface area contributed by atoms with Crippen LogP contribution in [0.15, 0.2) is 0 Å². The zero-order chi connectivity index (χ0) is 14.5. The Morgan fingerprint density at radius 2 is 2.15 bits per heavy atom. The lowest BCUT2D eigenvalue weighted by atomic mass is 10.1. The molecule has 1 fully saturated rings. The van der Waals surface area contributed by atoms with Crippen LogP contribution in [0.5, 0.6) is 0 Å². The molecule has 0 radical (unpaired) electrons. The number of carbonyl (C=O) groups excluding carboxylic acids is 1. The Kier molecular flexibility index (Phi) is 5.05. The molecule has 1 aromatic heterocycles. The average Bonchev–Trinajstić information content (AvgIpc) is 2.80. The van der Waals surface area contributed by atoms with Crippen molar-refractivity contribution in [3.63, 3.8) is 0 Å². The van der Waals surface area contributed by atoms with E-state index in [1.165, 1.54) is 18.3 Å². The quantitative estimate of drug-likeness (QED) is 0.636. The molecule has 1 aliphatic heterocycles. The van der Waals surface area contributed by atoms with Crippen LogP contribution in [0, 0.1) is 0 Å². The Morgan fingerprint density at radius 1 is 1.45 bits per heavy atom. The molecule has 1 aliphatic rings. The first-order valence-corrected chi connectivity index (χ1v) is 7.32. The third-order valence-electron chi connectivity index (χ3n) is 3.07. The van der Waals surface area contributed by atoms with Crippen LogP contribution < -0.4 is 16.0 Å². The van der Waals surface area contributed by atoms with Crippen LogP contribution in [-0.4, -0.2) is 41.1 Å². The minimum absolute atomic E-state index is 0.0141. The van der Waals surface area contributed by atoms with Crippen molar-refractivity contribution in [3.8, 4) is 0 Å². The van der Waals surface area contributed by atoms with Crippen LogP contribution in [0.25, 0.3) is 0 Å². The molecule has 2 heterocycles. The predicted molar refractivity (Wildman–Crippen MR) is 76.1 cm³/mol. The normalized spacial score (nSPS) is 16.1. The zero-order valence-corrected chi connectivity index (χ0v) is 12.0. The predicted octanol–water partition coefficient (Wildman–Crippen LogP) is 0.641. The molecule has 0 unspecified atom stereocenters. The average molecular weight is 298 g/mol. The maximum Gasteiger partial charge on any atom is 0.355 e. The van der Waals surface area contributed by atoms with Gasteiger partial charge in [0, 0.05) is 19.5 Å². The van der Waals surface area contributed by atoms with E-state index < -0.39 is 5.97 Å². The van der Waals surface area contributed by atoms with Gasteiger partial charge in [-0.05, 0) is 25.9 Å². The lowest BCUT2D eigenvalue weighted by Gasteiger charge is -2.23. The highest BCUT2D eigenvalue weighted by molar-refractivity contribution is 7.16. The summed E-state index contributed by atoms with van der Waals surface area (Å²) in [7, 11) is 0. The molecular weight excluding hydrogens is 280 g/mol. The number of anilines is 1. The Bertz CT molecular complexity index is 497. The number of piperidine rings is 1. The summed E-state index contributed by atoms with van der Waals surface area (Å²) in [6.45, 7) is 3.78. The van der Waals surface area contributed by atoms with Gasteiger partial charge >= 0.3 is 5.97 Å². The SMILES string of the molecule is CC(=O)Nc1nc(C(=O)O)c(CNC2CCNCC2)s1. The van der Waals surface area contributed by atoms with Crippen molar-refractivity contribution in [3.05, 3.63) is 10.6 Å². The number of carbonyl (C=O) groups is 2. The van der Waals surface area contributed by atoms with Gasteiger partial charge < -0.3 is 21.1 Å². The molecular formula is C12H18N4O3S. The van der Waals surface area contributed by atoms with Crippen molar-refractivity contribution >= 4 is 28.3 Å². The largest absolute Gasteiger partial charge is 0.476 e. The number of nitrogens with zero attached hydrogens (tertiary/aromatic N) is 1. The van der Waals surface area contributed by atoms with Gasteiger partial charge in [-0.1, -0.05) is 11.3 Å². The first-order chi connectivity index (χ1) is 9.56. The summed E-state index contributed by atoms with van der Waals surface area (Å²) in [6, 6.07) is 0.393. The van der Waals surface area contributed by atoms with Crippen LogP contribution in [0.1, 0.15) is 35.1 Å². The molecule has 8 heteroatoms. The number of aromatic nitrogens is 1. The molecule has 7 nitrogen and oxygen atoms in total. The van der Waals surface area contributed by atoms with Gasteiger partial charge in [0.1, 0.15) is 0 Å². The fourth-order valence-corrected chi connectivity index (χ4v) is 3.06. The van der Waals surface area contributed by atoms with Crippen LogP contribution in [0.4, 0.5) is 5.13 Å². The minimum Gasteiger partial charge on any atom is -0.476 e. The number of carboxylic acid groups (broad SMARTS) is 1. The second-order valence-electron chi connectivity index (χ2n) is 4.68. The Hall–Kier alpha value is -1.51. The monoisotopic (exact) mass is 298 g/mol. The zero-order valence-electron chi connectivity index (χ0n) is 11.2. The third-order valence-corrected chi connectivity index (χ3v) is 4.04. The van der Waals surface area contributed by atoms with Crippen molar-refractivity contribution in [1.82, 2.24) is 15.6 Å². The molecule has 1 saturated heterocycles. The van der Waals surface area contributed by atoms with Gasteiger partial charge in [-0.25, -0.2) is 9.78 Å². The van der Waals surface area contributed by atoms with Crippen molar-refractivity contribution in [1.29, 1.82) is 0 Å². The lowest BCUT2D eigenvalue weighted by Crippen LogP contribution is -2.39. The van der Waals surface area contributed by atoms with Gasteiger partial charge in [-0.3, -0.25) is 4.79 Å². The fourth-order valence-electron chi connectivity index (χ4n) is 2.11. The molecule has 1 amide bonds. The summed E-state index contributed by atoms with van der Waals surface area (Å²) in [5.41, 5.74) is 0.0141. The number of hydrogen-bond donors (Lipinski definition) is 4. The van der Waals surface area contributed by atoms with Gasteiger partial charge in [0.15, 0.2) is 10.8 Å². The fraction of sp³-hybridized carbons (Fsp3) is 0.583. The van der Waals surface area contributed by atoms with Gasteiger partial charge in [-0.2, -0.15) is 0 Å². The molecule has 2 rings (SSSR count). The summed E-state index contributed by atoms with van der Waals surface area (Å²) >= 11 is 1.20. The molecule has 4 N–H and O–H groups in total. The van der Waals surface area contributed by atoms with E-state index in [0.29, 0.717) is 22.6 Å². The number of carboxylic acids is 1. The van der Waals surface area contributed by atoms with Crippen LogP contribution >= 0.6 is 11.3 Å².